The van der Waals surface area contributed by atoms with Crippen LogP contribution in [0.15, 0.2) is 46.9 Å². The van der Waals surface area contributed by atoms with E-state index in [1.165, 1.54) is 5.56 Å². The number of carbonyl (C=O) groups is 1. The second-order valence-corrected chi connectivity index (χ2v) is 9.68. The van der Waals surface area contributed by atoms with E-state index >= 15 is 0 Å². The van der Waals surface area contributed by atoms with Crippen molar-refractivity contribution in [1.82, 2.24) is 5.32 Å². The summed E-state index contributed by atoms with van der Waals surface area (Å²) in [5.41, 5.74) is 3.76. The van der Waals surface area contributed by atoms with Gasteiger partial charge in [0.05, 0.1) is 18.0 Å². The molecule has 1 atom stereocenters. The molecule has 0 aromatic heterocycles. The topological polar surface area (TPSA) is 66.5 Å². The van der Waals surface area contributed by atoms with Crippen molar-refractivity contribution in [2.24, 2.45) is 0 Å². The molecule has 1 amide bonds. The van der Waals surface area contributed by atoms with Crippen molar-refractivity contribution in [3.05, 3.63) is 63.6 Å². The molecule has 0 saturated heterocycles. The van der Waals surface area contributed by atoms with Gasteiger partial charge in [-0.3, -0.25) is 9.10 Å². The lowest BCUT2D eigenvalue weighted by atomic mass is 9.88. The maximum absolute atomic E-state index is 12.7. The summed E-state index contributed by atoms with van der Waals surface area (Å²) in [4.78, 5) is 12.7. The molecule has 0 heterocycles. The fraction of sp³-hybridized carbons (Fsp3) is 0.350. The molecule has 0 fully saturated rings. The van der Waals surface area contributed by atoms with E-state index in [9.17, 15) is 13.2 Å². The van der Waals surface area contributed by atoms with Crippen LogP contribution in [0.25, 0.3) is 0 Å². The van der Waals surface area contributed by atoms with Crippen molar-refractivity contribution in [2.45, 2.75) is 32.2 Å². The van der Waals surface area contributed by atoms with Gasteiger partial charge in [0.25, 0.3) is 0 Å². The van der Waals surface area contributed by atoms with Crippen LogP contribution in [0.2, 0.25) is 0 Å². The zero-order valence-corrected chi connectivity index (χ0v) is 17.8. The number of hydrogen-bond acceptors (Lipinski definition) is 3. The molecule has 2 aromatic carbocycles. The van der Waals surface area contributed by atoms with Gasteiger partial charge in [-0.05, 0) is 61.1 Å². The van der Waals surface area contributed by atoms with E-state index < -0.39 is 10.0 Å². The Kier molecular flexibility index (Phi) is 5.91. The second kappa shape index (κ2) is 8.02. The van der Waals surface area contributed by atoms with Crippen LogP contribution in [-0.4, -0.2) is 27.1 Å². The van der Waals surface area contributed by atoms with E-state index in [4.69, 9.17) is 0 Å². The summed E-state index contributed by atoms with van der Waals surface area (Å²) in [7, 11) is -3.59. The number of benzene rings is 2. The van der Waals surface area contributed by atoms with Crippen molar-refractivity contribution in [3.63, 3.8) is 0 Å². The summed E-state index contributed by atoms with van der Waals surface area (Å²) in [6.07, 6.45) is 3.99. The van der Waals surface area contributed by atoms with Gasteiger partial charge in [-0.1, -0.05) is 40.2 Å². The largest absolute Gasteiger partial charge is 0.348 e. The van der Waals surface area contributed by atoms with E-state index in [2.05, 4.69) is 27.3 Å². The Morgan fingerprint density at radius 3 is 2.70 bits per heavy atom. The molecule has 3 rings (SSSR count). The third kappa shape index (κ3) is 4.71. The van der Waals surface area contributed by atoms with Crippen molar-refractivity contribution in [1.29, 1.82) is 0 Å². The molecule has 1 aliphatic carbocycles. The number of carbonyl (C=O) groups excluding carboxylic acids is 1. The molecule has 1 N–H and O–H groups in total. The molecule has 0 spiro atoms. The van der Waals surface area contributed by atoms with Crippen LogP contribution in [0.5, 0.6) is 0 Å². The molecule has 5 nitrogen and oxygen atoms in total. The fourth-order valence-corrected chi connectivity index (χ4v) is 4.55. The predicted molar refractivity (Wildman–Crippen MR) is 111 cm³/mol. The lowest BCUT2D eigenvalue weighted by molar-refractivity contribution is -0.120. The fourth-order valence-electron chi connectivity index (χ4n) is 3.46. The number of sulfonamides is 1. The first-order valence-electron chi connectivity index (χ1n) is 8.87. The van der Waals surface area contributed by atoms with Gasteiger partial charge in [0, 0.05) is 4.47 Å². The van der Waals surface area contributed by atoms with Crippen molar-refractivity contribution in [3.8, 4) is 0 Å². The molecule has 0 aliphatic heterocycles. The number of aryl methyl sites for hydroxylation is 2. The number of nitrogens with one attached hydrogen (secondary N) is 1. The van der Waals surface area contributed by atoms with Gasteiger partial charge in [0.1, 0.15) is 6.54 Å². The van der Waals surface area contributed by atoms with Crippen LogP contribution in [0.1, 0.15) is 35.6 Å². The average molecular weight is 451 g/mol. The first kappa shape index (κ1) is 19.9. The first-order chi connectivity index (χ1) is 12.8. The van der Waals surface area contributed by atoms with Gasteiger partial charge in [0.15, 0.2) is 0 Å². The third-order valence-corrected chi connectivity index (χ3v) is 6.85. The second-order valence-electron chi connectivity index (χ2n) is 6.91. The zero-order valence-electron chi connectivity index (χ0n) is 15.4. The number of hydrogen-bond donors (Lipinski definition) is 1. The van der Waals surface area contributed by atoms with Gasteiger partial charge < -0.3 is 5.32 Å². The van der Waals surface area contributed by atoms with Gasteiger partial charge in [-0.15, -0.1) is 0 Å². The van der Waals surface area contributed by atoms with Gasteiger partial charge in [-0.25, -0.2) is 8.42 Å². The number of nitrogens with zero attached hydrogens (tertiary/aromatic N) is 1. The Labute approximate surface area is 169 Å². The molecular formula is C20H23BrN2O3S. The predicted octanol–water partition coefficient (Wildman–Crippen LogP) is 3.72. The van der Waals surface area contributed by atoms with E-state index in [1.54, 1.807) is 18.2 Å². The van der Waals surface area contributed by atoms with Crippen LogP contribution in [0.4, 0.5) is 5.69 Å². The SMILES string of the molecule is Cc1cc(N(CC(=O)N[C@H]2CCCc3ccccc32)S(C)(=O)=O)ccc1Br. The summed E-state index contributed by atoms with van der Waals surface area (Å²) in [5, 5.41) is 3.02. The highest BCUT2D eigenvalue weighted by molar-refractivity contribution is 9.10. The molecule has 2 aromatic rings. The van der Waals surface area contributed by atoms with Gasteiger partial charge in [-0.2, -0.15) is 0 Å². The monoisotopic (exact) mass is 450 g/mol. The minimum Gasteiger partial charge on any atom is -0.348 e. The summed E-state index contributed by atoms with van der Waals surface area (Å²) < 4.78 is 26.6. The number of halogens is 1. The highest BCUT2D eigenvalue weighted by Gasteiger charge is 2.25. The summed E-state index contributed by atoms with van der Waals surface area (Å²) >= 11 is 3.41. The maximum Gasteiger partial charge on any atom is 0.241 e. The van der Waals surface area contributed by atoms with Crippen molar-refractivity contribution >= 4 is 37.5 Å². The number of rotatable bonds is 5. The Balaban J connectivity index is 1.79. The molecule has 27 heavy (non-hydrogen) atoms. The average Bonchev–Trinajstić information content (AvgIpc) is 2.61. The quantitative estimate of drug-likeness (QED) is 0.754. The standard InChI is InChI=1S/C20H23BrN2O3S/c1-14-12-16(10-11-18(14)21)23(27(2,25)26)13-20(24)22-19-9-5-7-15-6-3-4-8-17(15)19/h3-4,6,8,10-12,19H,5,7,9,13H2,1-2H3,(H,22,24)/t19-/m0/s1. The van der Waals surface area contributed by atoms with Crippen LogP contribution in [0, 0.1) is 6.92 Å². The van der Waals surface area contributed by atoms with Crippen LogP contribution >= 0.6 is 15.9 Å². The minimum absolute atomic E-state index is 0.0736. The van der Waals surface area contributed by atoms with E-state index in [0.717, 1.165) is 45.4 Å². The molecular weight excluding hydrogens is 428 g/mol. The Bertz CT molecular complexity index is 959. The van der Waals surface area contributed by atoms with Gasteiger partial charge in [0.2, 0.25) is 15.9 Å². The first-order valence-corrected chi connectivity index (χ1v) is 11.5. The smallest absolute Gasteiger partial charge is 0.241 e. The highest BCUT2D eigenvalue weighted by atomic mass is 79.9. The van der Waals surface area contributed by atoms with Gasteiger partial charge >= 0.3 is 0 Å². The van der Waals surface area contributed by atoms with E-state index in [0.29, 0.717) is 5.69 Å². The lowest BCUT2D eigenvalue weighted by Gasteiger charge is -2.28. The Morgan fingerprint density at radius 1 is 1.26 bits per heavy atom. The van der Waals surface area contributed by atoms with Crippen LogP contribution in [0.3, 0.4) is 0 Å². The molecule has 0 unspecified atom stereocenters. The lowest BCUT2D eigenvalue weighted by Crippen LogP contribution is -2.42. The number of fused-ring (bicyclic) bond motifs is 1. The summed E-state index contributed by atoms with van der Waals surface area (Å²) in [5.74, 6) is -0.303. The highest BCUT2D eigenvalue weighted by Crippen LogP contribution is 2.29. The third-order valence-electron chi connectivity index (χ3n) is 4.82. The molecule has 0 radical (unpaired) electrons. The van der Waals surface area contributed by atoms with E-state index in [-0.39, 0.29) is 18.5 Å². The maximum atomic E-state index is 12.7. The minimum atomic E-state index is -3.59. The van der Waals surface area contributed by atoms with Crippen molar-refractivity contribution < 1.29 is 13.2 Å². The molecule has 144 valence electrons. The molecule has 1 aliphatic rings. The van der Waals surface area contributed by atoms with Crippen LogP contribution < -0.4 is 9.62 Å². The van der Waals surface area contributed by atoms with Crippen LogP contribution in [-0.2, 0) is 21.2 Å². The number of amides is 1. The molecule has 0 saturated carbocycles. The van der Waals surface area contributed by atoms with Crippen molar-refractivity contribution in [2.75, 3.05) is 17.1 Å². The zero-order chi connectivity index (χ0) is 19.6. The molecule has 0 bridgehead atoms. The summed E-state index contributed by atoms with van der Waals surface area (Å²) in [6, 6.07) is 13.3. The molecule has 7 heteroatoms. The Hall–Kier alpha value is -1.86. The Morgan fingerprint density at radius 2 is 2.00 bits per heavy atom. The number of anilines is 1. The normalized spacial score (nSPS) is 16.5. The summed E-state index contributed by atoms with van der Waals surface area (Å²) in [6.45, 7) is 1.64. The van der Waals surface area contributed by atoms with E-state index in [1.807, 2.05) is 25.1 Å².